The zero-order chi connectivity index (χ0) is 20.3. The lowest BCUT2D eigenvalue weighted by Gasteiger charge is -2.26. The first kappa shape index (κ1) is 20.8. The summed E-state index contributed by atoms with van der Waals surface area (Å²) in [6, 6.07) is 7.13. The Kier molecular flexibility index (Phi) is 6.43. The van der Waals surface area contributed by atoms with Crippen LogP contribution in [0.2, 0.25) is 0 Å². The van der Waals surface area contributed by atoms with Crippen molar-refractivity contribution in [2.24, 2.45) is 0 Å². The number of carbonyl (C=O) groups excluding carboxylic acids is 2. The van der Waals surface area contributed by atoms with Gasteiger partial charge in [-0.15, -0.1) is 0 Å². The van der Waals surface area contributed by atoms with Gasteiger partial charge in [0.15, 0.2) is 15.9 Å². The van der Waals surface area contributed by atoms with Crippen molar-refractivity contribution >= 4 is 21.7 Å². The van der Waals surface area contributed by atoms with E-state index in [1.54, 1.807) is 19.2 Å². The molecule has 1 aromatic rings. The van der Waals surface area contributed by atoms with Crippen LogP contribution >= 0.6 is 0 Å². The second-order valence-electron chi connectivity index (χ2n) is 8.01. The van der Waals surface area contributed by atoms with E-state index in [2.05, 4.69) is 0 Å². The Morgan fingerprint density at radius 2 is 1.71 bits per heavy atom. The summed E-state index contributed by atoms with van der Waals surface area (Å²) in [4.78, 5) is 26.3. The van der Waals surface area contributed by atoms with Crippen molar-refractivity contribution < 1.29 is 22.7 Å². The van der Waals surface area contributed by atoms with Gasteiger partial charge in [-0.2, -0.15) is 0 Å². The smallest absolute Gasteiger partial charge is 0.338 e. The van der Waals surface area contributed by atoms with Crippen molar-refractivity contribution in [3.8, 4) is 0 Å². The lowest BCUT2D eigenvalue weighted by Crippen LogP contribution is -2.44. The Balaban J connectivity index is 1.56. The zero-order valence-corrected chi connectivity index (χ0v) is 17.4. The normalized spacial score (nSPS) is 23.1. The van der Waals surface area contributed by atoms with Crippen LogP contribution in [0, 0.1) is 0 Å². The second kappa shape index (κ2) is 8.64. The number of likely N-dealkylation sites (N-methyl/N-ethyl adjacent to an activating group) is 1. The van der Waals surface area contributed by atoms with Gasteiger partial charge in [-0.05, 0) is 49.8 Å². The summed E-state index contributed by atoms with van der Waals surface area (Å²) in [5.74, 6) is -0.288. The highest BCUT2D eigenvalue weighted by molar-refractivity contribution is 7.91. The maximum atomic E-state index is 12.5. The van der Waals surface area contributed by atoms with Crippen LogP contribution in [0.3, 0.4) is 0 Å². The Morgan fingerprint density at radius 3 is 2.29 bits per heavy atom. The molecule has 0 bridgehead atoms. The van der Waals surface area contributed by atoms with E-state index in [1.807, 2.05) is 12.1 Å². The number of esters is 1. The molecular weight excluding hydrogens is 378 g/mol. The molecule has 0 spiro atoms. The minimum absolute atomic E-state index is 0.0292. The van der Waals surface area contributed by atoms with E-state index in [1.165, 1.54) is 49.5 Å². The minimum atomic E-state index is -3.08. The van der Waals surface area contributed by atoms with E-state index in [9.17, 15) is 18.0 Å². The van der Waals surface area contributed by atoms with Crippen molar-refractivity contribution in [1.82, 2.24) is 4.90 Å². The van der Waals surface area contributed by atoms with Crippen LogP contribution in [0.25, 0.3) is 0 Å². The van der Waals surface area contributed by atoms with Crippen LogP contribution in [0.1, 0.15) is 67.3 Å². The molecule has 0 radical (unpaired) electrons. The molecule has 1 saturated heterocycles. The molecule has 2 aliphatic rings. The number of hydrogen-bond acceptors (Lipinski definition) is 5. The molecule has 2 atom stereocenters. The molecule has 154 valence electrons. The van der Waals surface area contributed by atoms with Gasteiger partial charge in [-0.3, -0.25) is 4.79 Å². The molecule has 0 aromatic heterocycles. The highest BCUT2D eigenvalue weighted by Crippen LogP contribution is 2.32. The topological polar surface area (TPSA) is 80.8 Å². The fourth-order valence-corrected chi connectivity index (χ4v) is 5.93. The fourth-order valence-electron chi connectivity index (χ4n) is 4.15. The Bertz CT molecular complexity index is 812. The molecule has 6 nitrogen and oxygen atoms in total. The number of rotatable bonds is 5. The maximum absolute atomic E-state index is 12.5. The number of benzene rings is 1. The van der Waals surface area contributed by atoms with Crippen LogP contribution in [-0.2, 0) is 19.4 Å². The Morgan fingerprint density at radius 1 is 1.07 bits per heavy atom. The van der Waals surface area contributed by atoms with Crippen molar-refractivity contribution in [3.05, 3.63) is 35.4 Å². The highest BCUT2D eigenvalue weighted by atomic mass is 32.2. The average Bonchev–Trinajstić information content (AvgIpc) is 3.07. The largest absolute Gasteiger partial charge is 0.449 e. The van der Waals surface area contributed by atoms with E-state index < -0.39 is 21.9 Å². The Labute approximate surface area is 167 Å². The molecule has 1 aromatic carbocycles. The third kappa shape index (κ3) is 4.93. The van der Waals surface area contributed by atoms with E-state index in [4.69, 9.17) is 4.74 Å². The summed E-state index contributed by atoms with van der Waals surface area (Å²) in [6.45, 7) is 1.52. The van der Waals surface area contributed by atoms with Gasteiger partial charge >= 0.3 is 5.97 Å². The van der Waals surface area contributed by atoms with E-state index in [0.717, 1.165) is 0 Å². The number of ether oxygens (including phenoxy) is 1. The Hall–Kier alpha value is -1.89. The standard InChI is InChI=1S/C21H29NO5S/c1-15(20(23)22(2)19-12-13-28(25,26)14-19)27-21(24)18-10-8-17(9-11-18)16-6-4-3-5-7-16/h8-11,15-16,19H,3-7,12-14H2,1-2H3. The van der Waals surface area contributed by atoms with E-state index >= 15 is 0 Å². The number of hydrogen-bond donors (Lipinski definition) is 0. The molecule has 2 unspecified atom stereocenters. The molecule has 7 heteroatoms. The predicted molar refractivity (Wildman–Crippen MR) is 107 cm³/mol. The highest BCUT2D eigenvalue weighted by Gasteiger charge is 2.35. The van der Waals surface area contributed by atoms with Gasteiger partial charge < -0.3 is 9.64 Å². The van der Waals surface area contributed by atoms with Crippen LogP contribution in [0.15, 0.2) is 24.3 Å². The van der Waals surface area contributed by atoms with Gasteiger partial charge in [0.2, 0.25) is 0 Å². The first-order chi connectivity index (χ1) is 13.3. The van der Waals surface area contributed by atoms with Crippen LogP contribution in [0.4, 0.5) is 0 Å². The summed E-state index contributed by atoms with van der Waals surface area (Å²) < 4.78 is 28.6. The van der Waals surface area contributed by atoms with Gasteiger partial charge in [0.25, 0.3) is 5.91 Å². The summed E-state index contributed by atoms with van der Waals surface area (Å²) >= 11 is 0. The van der Waals surface area contributed by atoms with Gasteiger partial charge in [-0.1, -0.05) is 31.4 Å². The number of sulfone groups is 1. The van der Waals surface area contributed by atoms with Crippen molar-refractivity contribution in [2.45, 2.75) is 63.5 Å². The molecule has 0 N–H and O–H groups in total. The first-order valence-corrected chi connectivity index (χ1v) is 11.9. The lowest BCUT2D eigenvalue weighted by molar-refractivity contribution is -0.140. The van der Waals surface area contributed by atoms with Gasteiger partial charge in [0.05, 0.1) is 17.1 Å². The number of carbonyl (C=O) groups is 2. The van der Waals surface area contributed by atoms with Crippen molar-refractivity contribution in [2.75, 3.05) is 18.6 Å². The van der Waals surface area contributed by atoms with E-state index in [0.29, 0.717) is 17.9 Å². The van der Waals surface area contributed by atoms with Gasteiger partial charge in [0, 0.05) is 13.1 Å². The molecule has 1 amide bonds. The first-order valence-electron chi connectivity index (χ1n) is 10.0. The number of amides is 1. The van der Waals surface area contributed by atoms with Crippen LogP contribution < -0.4 is 0 Å². The third-order valence-electron chi connectivity index (χ3n) is 5.96. The van der Waals surface area contributed by atoms with E-state index in [-0.39, 0.29) is 23.5 Å². The number of nitrogens with zero attached hydrogens (tertiary/aromatic N) is 1. The minimum Gasteiger partial charge on any atom is -0.449 e. The quantitative estimate of drug-likeness (QED) is 0.701. The molecule has 1 aliphatic heterocycles. The molecule has 28 heavy (non-hydrogen) atoms. The summed E-state index contributed by atoms with van der Waals surface area (Å²) in [5.41, 5.74) is 1.67. The molecule has 1 heterocycles. The van der Waals surface area contributed by atoms with Crippen LogP contribution in [-0.4, -0.2) is 55.9 Å². The second-order valence-corrected chi connectivity index (χ2v) is 10.2. The molecule has 1 aliphatic carbocycles. The van der Waals surface area contributed by atoms with Gasteiger partial charge in [-0.25, -0.2) is 13.2 Å². The molecule has 1 saturated carbocycles. The average molecular weight is 408 g/mol. The fraction of sp³-hybridized carbons (Fsp3) is 0.619. The summed E-state index contributed by atoms with van der Waals surface area (Å²) in [6.07, 6.45) is 5.66. The molecule has 3 rings (SSSR count). The SMILES string of the molecule is CC(OC(=O)c1ccc(C2CCCCC2)cc1)C(=O)N(C)C1CCS(=O)(=O)C1. The third-order valence-corrected chi connectivity index (χ3v) is 7.71. The van der Waals surface area contributed by atoms with Crippen molar-refractivity contribution in [3.63, 3.8) is 0 Å². The van der Waals surface area contributed by atoms with Crippen LogP contribution in [0.5, 0.6) is 0 Å². The summed E-state index contributed by atoms with van der Waals surface area (Å²) in [5, 5.41) is 0. The molecular formula is C21H29NO5S. The lowest BCUT2D eigenvalue weighted by atomic mass is 9.84. The zero-order valence-electron chi connectivity index (χ0n) is 16.6. The van der Waals surface area contributed by atoms with Crippen molar-refractivity contribution in [1.29, 1.82) is 0 Å². The monoisotopic (exact) mass is 407 g/mol. The molecule has 2 fully saturated rings. The summed E-state index contributed by atoms with van der Waals surface area (Å²) in [7, 11) is -1.51. The maximum Gasteiger partial charge on any atom is 0.338 e. The predicted octanol–water partition coefficient (Wildman–Crippen LogP) is 2.93. The van der Waals surface area contributed by atoms with Gasteiger partial charge in [0.1, 0.15) is 0 Å².